The van der Waals surface area contributed by atoms with Gasteiger partial charge in [0.2, 0.25) is 0 Å². The first kappa shape index (κ1) is 14.4. The average Bonchev–Trinajstić information content (AvgIpc) is 3.24. The third kappa shape index (κ3) is 5.62. The molecule has 19 heavy (non-hydrogen) atoms. The van der Waals surface area contributed by atoms with E-state index in [9.17, 15) is 0 Å². The number of unbranched alkanes of at least 4 members (excludes halogenated alkanes) is 2. The minimum Gasteiger partial charge on any atom is -0.493 e. The highest BCUT2D eigenvalue weighted by Gasteiger charge is 2.19. The van der Waals surface area contributed by atoms with E-state index in [2.05, 4.69) is 28.8 Å². The van der Waals surface area contributed by atoms with Gasteiger partial charge in [-0.1, -0.05) is 18.2 Å². The molecular weight excluding hydrogens is 236 g/mol. The third-order valence-corrected chi connectivity index (χ3v) is 3.43. The fourth-order valence-electron chi connectivity index (χ4n) is 2.16. The maximum atomic E-state index is 5.87. The lowest BCUT2D eigenvalue weighted by molar-refractivity contribution is 0.301. The van der Waals surface area contributed by atoms with Gasteiger partial charge < -0.3 is 15.4 Å². The quantitative estimate of drug-likeness (QED) is 0.636. The summed E-state index contributed by atoms with van der Waals surface area (Å²) in [4.78, 5) is 0. The number of ether oxygens (including phenoxy) is 1. The van der Waals surface area contributed by atoms with Crippen LogP contribution in [-0.4, -0.2) is 26.2 Å². The SMILES string of the molecule is CNCc1ccccc1OCCCCCNC1CC1. The standard InChI is InChI=1S/C16H26N2O/c1-17-13-14-7-3-4-8-16(14)19-12-6-2-5-11-18-15-9-10-15/h3-4,7-8,15,17-18H,2,5-6,9-13H2,1H3. The summed E-state index contributed by atoms with van der Waals surface area (Å²) >= 11 is 0. The fraction of sp³-hybridized carbons (Fsp3) is 0.625. The number of nitrogens with one attached hydrogen (secondary N) is 2. The predicted octanol–water partition coefficient (Wildman–Crippen LogP) is 2.71. The van der Waals surface area contributed by atoms with E-state index in [1.54, 1.807) is 0 Å². The Labute approximate surface area is 116 Å². The van der Waals surface area contributed by atoms with Crippen LogP contribution < -0.4 is 15.4 Å². The number of benzene rings is 1. The van der Waals surface area contributed by atoms with Crippen molar-refractivity contribution in [3.63, 3.8) is 0 Å². The van der Waals surface area contributed by atoms with Crippen LogP contribution in [0.4, 0.5) is 0 Å². The van der Waals surface area contributed by atoms with Crippen LogP contribution in [0.3, 0.4) is 0 Å². The molecule has 0 unspecified atom stereocenters. The Morgan fingerprint density at radius 1 is 1.16 bits per heavy atom. The highest BCUT2D eigenvalue weighted by Crippen LogP contribution is 2.19. The molecule has 106 valence electrons. The molecule has 0 heterocycles. The van der Waals surface area contributed by atoms with Crippen molar-refractivity contribution in [2.45, 2.75) is 44.7 Å². The van der Waals surface area contributed by atoms with Crippen LogP contribution in [0.1, 0.15) is 37.7 Å². The molecule has 3 nitrogen and oxygen atoms in total. The van der Waals surface area contributed by atoms with Gasteiger partial charge in [-0.2, -0.15) is 0 Å². The number of hydrogen-bond acceptors (Lipinski definition) is 3. The normalized spacial score (nSPS) is 14.6. The van der Waals surface area contributed by atoms with Crippen molar-refractivity contribution in [3.05, 3.63) is 29.8 Å². The Kier molecular flexibility index (Phi) is 6.18. The molecule has 2 N–H and O–H groups in total. The predicted molar refractivity (Wildman–Crippen MR) is 79.6 cm³/mol. The maximum Gasteiger partial charge on any atom is 0.123 e. The van der Waals surface area contributed by atoms with Crippen molar-refractivity contribution in [3.8, 4) is 5.75 Å². The van der Waals surface area contributed by atoms with Crippen molar-refractivity contribution < 1.29 is 4.74 Å². The van der Waals surface area contributed by atoms with Crippen LogP contribution >= 0.6 is 0 Å². The van der Waals surface area contributed by atoms with E-state index in [-0.39, 0.29) is 0 Å². The minimum atomic E-state index is 0.824. The Bertz CT molecular complexity index is 364. The summed E-state index contributed by atoms with van der Waals surface area (Å²) in [6.45, 7) is 2.85. The Balaban J connectivity index is 1.56. The molecule has 1 aromatic carbocycles. The van der Waals surface area contributed by atoms with Gasteiger partial charge in [0.25, 0.3) is 0 Å². The summed E-state index contributed by atoms with van der Waals surface area (Å²) < 4.78 is 5.87. The van der Waals surface area contributed by atoms with E-state index < -0.39 is 0 Å². The second kappa shape index (κ2) is 8.18. The molecule has 0 spiro atoms. The molecule has 0 aliphatic heterocycles. The van der Waals surface area contributed by atoms with Gasteiger partial charge in [0, 0.05) is 18.2 Å². The first-order valence-electron chi connectivity index (χ1n) is 7.49. The van der Waals surface area contributed by atoms with Gasteiger partial charge in [0.05, 0.1) is 6.61 Å². The Hall–Kier alpha value is -1.06. The summed E-state index contributed by atoms with van der Waals surface area (Å²) in [5, 5.41) is 6.71. The molecule has 0 bridgehead atoms. The molecule has 3 heteroatoms. The summed E-state index contributed by atoms with van der Waals surface area (Å²) in [6, 6.07) is 9.11. The highest BCUT2D eigenvalue weighted by atomic mass is 16.5. The van der Waals surface area contributed by atoms with E-state index in [1.807, 2.05) is 13.1 Å². The average molecular weight is 262 g/mol. The summed E-state index contributed by atoms with van der Waals surface area (Å²) in [5.74, 6) is 1.02. The molecule has 0 amide bonds. The van der Waals surface area contributed by atoms with Crippen molar-refractivity contribution in [1.82, 2.24) is 10.6 Å². The van der Waals surface area contributed by atoms with Gasteiger partial charge in [0.15, 0.2) is 0 Å². The molecular formula is C16H26N2O. The zero-order valence-corrected chi connectivity index (χ0v) is 12.0. The molecule has 0 atom stereocenters. The van der Waals surface area contributed by atoms with Gasteiger partial charge in [-0.25, -0.2) is 0 Å². The van der Waals surface area contributed by atoms with E-state index in [1.165, 1.54) is 37.8 Å². The van der Waals surface area contributed by atoms with Gasteiger partial charge in [-0.15, -0.1) is 0 Å². The van der Waals surface area contributed by atoms with E-state index in [0.717, 1.165) is 31.4 Å². The van der Waals surface area contributed by atoms with Gasteiger partial charge in [-0.05, 0) is 51.8 Å². The highest BCUT2D eigenvalue weighted by molar-refractivity contribution is 5.33. The fourth-order valence-corrected chi connectivity index (χ4v) is 2.16. The molecule has 1 aliphatic rings. The van der Waals surface area contributed by atoms with Crippen LogP contribution in [-0.2, 0) is 6.54 Å². The molecule has 0 aromatic heterocycles. The van der Waals surface area contributed by atoms with Crippen LogP contribution in [0.15, 0.2) is 24.3 Å². The molecule has 1 aliphatic carbocycles. The molecule has 1 fully saturated rings. The second-order valence-electron chi connectivity index (χ2n) is 5.28. The zero-order chi connectivity index (χ0) is 13.3. The van der Waals surface area contributed by atoms with Crippen LogP contribution in [0.5, 0.6) is 5.75 Å². The lowest BCUT2D eigenvalue weighted by Gasteiger charge is -2.11. The van der Waals surface area contributed by atoms with Crippen LogP contribution in [0.2, 0.25) is 0 Å². The smallest absolute Gasteiger partial charge is 0.123 e. The van der Waals surface area contributed by atoms with E-state index in [0.29, 0.717) is 0 Å². The third-order valence-electron chi connectivity index (χ3n) is 3.43. The topological polar surface area (TPSA) is 33.3 Å². The Morgan fingerprint density at radius 3 is 2.79 bits per heavy atom. The number of hydrogen-bond donors (Lipinski definition) is 2. The van der Waals surface area contributed by atoms with Crippen molar-refractivity contribution in [2.24, 2.45) is 0 Å². The minimum absolute atomic E-state index is 0.824. The molecule has 1 aromatic rings. The van der Waals surface area contributed by atoms with Crippen LogP contribution in [0.25, 0.3) is 0 Å². The van der Waals surface area contributed by atoms with Crippen LogP contribution in [0, 0.1) is 0 Å². The monoisotopic (exact) mass is 262 g/mol. The molecule has 0 saturated heterocycles. The number of para-hydroxylation sites is 1. The summed E-state index contributed by atoms with van der Waals surface area (Å²) in [6.07, 6.45) is 6.41. The largest absolute Gasteiger partial charge is 0.493 e. The first-order valence-corrected chi connectivity index (χ1v) is 7.49. The lowest BCUT2D eigenvalue weighted by Crippen LogP contribution is -2.17. The van der Waals surface area contributed by atoms with E-state index in [4.69, 9.17) is 4.74 Å². The van der Waals surface area contributed by atoms with Crippen molar-refractivity contribution >= 4 is 0 Å². The van der Waals surface area contributed by atoms with Crippen molar-refractivity contribution in [2.75, 3.05) is 20.2 Å². The van der Waals surface area contributed by atoms with Gasteiger partial charge >= 0.3 is 0 Å². The van der Waals surface area contributed by atoms with Gasteiger partial charge in [-0.3, -0.25) is 0 Å². The Morgan fingerprint density at radius 2 is 2.00 bits per heavy atom. The maximum absolute atomic E-state index is 5.87. The van der Waals surface area contributed by atoms with Gasteiger partial charge in [0.1, 0.15) is 5.75 Å². The first-order chi connectivity index (χ1) is 9.40. The summed E-state index contributed by atoms with van der Waals surface area (Å²) in [7, 11) is 1.96. The summed E-state index contributed by atoms with van der Waals surface area (Å²) in [5.41, 5.74) is 1.24. The van der Waals surface area contributed by atoms with Crippen molar-refractivity contribution in [1.29, 1.82) is 0 Å². The molecule has 0 radical (unpaired) electrons. The zero-order valence-electron chi connectivity index (χ0n) is 12.0. The molecule has 1 saturated carbocycles. The second-order valence-corrected chi connectivity index (χ2v) is 5.28. The van der Waals surface area contributed by atoms with E-state index >= 15 is 0 Å². The number of rotatable bonds is 10. The lowest BCUT2D eigenvalue weighted by atomic mass is 10.2. The molecule has 2 rings (SSSR count).